The maximum absolute atomic E-state index is 11.9. The average Bonchev–Trinajstić information content (AvgIpc) is 2.73. The number of hydrogen-bond acceptors (Lipinski definition) is 4. The van der Waals surface area contributed by atoms with Gasteiger partial charge in [-0.15, -0.1) is 0 Å². The third kappa shape index (κ3) is 2.21. The number of aromatic nitrogens is 2. The van der Waals surface area contributed by atoms with E-state index < -0.39 is 0 Å². The normalized spacial score (nSPS) is 15.4. The van der Waals surface area contributed by atoms with Crippen LogP contribution in [0.4, 0.5) is 0 Å². The highest BCUT2D eigenvalue weighted by molar-refractivity contribution is 6.02. The Morgan fingerprint density at radius 1 is 1.47 bits per heavy atom. The van der Waals surface area contributed by atoms with E-state index in [1.54, 1.807) is 6.92 Å². The van der Waals surface area contributed by atoms with Crippen LogP contribution in [0.3, 0.4) is 0 Å². The minimum atomic E-state index is -0.359. The first-order valence-electron chi connectivity index (χ1n) is 6.50. The van der Waals surface area contributed by atoms with E-state index in [1.165, 1.54) is 0 Å². The van der Waals surface area contributed by atoms with Crippen LogP contribution in [0.2, 0.25) is 0 Å². The predicted octanol–water partition coefficient (Wildman–Crippen LogP) is 1.86. The molecule has 1 fully saturated rings. The largest absolute Gasteiger partial charge is 0.461 e. The molecule has 0 radical (unpaired) electrons. The van der Waals surface area contributed by atoms with E-state index in [0.29, 0.717) is 18.2 Å². The lowest BCUT2D eigenvalue weighted by Crippen LogP contribution is -2.31. The zero-order valence-corrected chi connectivity index (χ0v) is 10.8. The molecule has 0 spiro atoms. The van der Waals surface area contributed by atoms with Crippen LogP contribution in [0, 0.1) is 5.92 Å². The van der Waals surface area contributed by atoms with Crippen molar-refractivity contribution in [3.8, 4) is 0 Å². The highest BCUT2D eigenvalue weighted by Crippen LogP contribution is 2.22. The Bertz CT molecular complexity index is 602. The fourth-order valence-corrected chi connectivity index (χ4v) is 2.25. The van der Waals surface area contributed by atoms with Crippen molar-refractivity contribution in [2.75, 3.05) is 19.8 Å². The molecule has 1 saturated heterocycles. The summed E-state index contributed by atoms with van der Waals surface area (Å²) in [5.41, 5.74) is 1.37. The molecule has 2 heterocycles. The second kappa shape index (κ2) is 5.01. The summed E-state index contributed by atoms with van der Waals surface area (Å²) >= 11 is 0. The number of fused-ring (bicyclic) bond motifs is 1. The molecule has 0 atom stereocenters. The van der Waals surface area contributed by atoms with Crippen LogP contribution in [0.1, 0.15) is 17.4 Å². The summed E-state index contributed by atoms with van der Waals surface area (Å²) in [7, 11) is 0. The molecule has 5 heteroatoms. The van der Waals surface area contributed by atoms with Crippen molar-refractivity contribution >= 4 is 16.9 Å². The van der Waals surface area contributed by atoms with E-state index in [0.717, 1.165) is 30.7 Å². The van der Waals surface area contributed by atoms with Crippen LogP contribution >= 0.6 is 0 Å². The Balaban J connectivity index is 1.99. The lowest BCUT2D eigenvalue weighted by atomic mass is 10.1. The van der Waals surface area contributed by atoms with Crippen molar-refractivity contribution < 1.29 is 14.3 Å². The summed E-state index contributed by atoms with van der Waals surface area (Å²) in [6.45, 7) is 4.46. The smallest absolute Gasteiger partial charge is 0.359 e. The molecule has 2 aromatic rings. The molecule has 1 aromatic carbocycles. The zero-order chi connectivity index (χ0) is 13.2. The van der Waals surface area contributed by atoms with Gasteiger partial charge in [0.1, 0.15) is 0 Å². The fraction of sp³-hybridized carbons (Fsp3) is 0.429. The molecule has 5 nitrogen and oxygen atoms in total. The van der Waals surface area contributed by atoms with E-state index in [-0.39, 0.29) is 5.97 Å². The Kier molecular flexibility index (Phi) is 3.21. The molecule has 0 saturated carbocycles. The van der Waals surface area contributed by atoms with Crippen LogP contribution in [0.15, 0.2) is 24.3 Å². The molecule has 0 aliphatic carbocycles. The maximum atomic E-state index is 11.9. The second-order valence-electron chi connectivity index (χ2n) is 4.67. The Morgan fingerprint density at radius 2 is 2.26 bits per heavy atom. The van der Waals surface area contributed by atoms with Gasteiger partial charge < -0.3 is 9.47 Å². The third-order valence-corrected chi connectivity index (χ3v) is 3.26. The number of ether oxygens (including phenoxy) is 2. The van der Waals surface area contributed by atoms with Crippen molar-refractivity contribution in [1.82, 2.24) is 9.78 Å². The van der Waals surface area contributed by atoms with E-state index in [1.807, 2.05) is 28.9 Å². The monoisotopic (exact) mass is 260 g/mol. The number of esters is 1. The van der Waals surface area contributed by atoms with Crippen molar-refractivity contribution in [2.24, 2.45) is 5.92 Å². The van der Waals surface area contributed by atoms with Gasteiger partial charge >= 0.3 is 5.97 Å². The number of carbonyl (C=O) groups is 1. The fourth-order valence-electron chi connectivity index (χ4n) is 2.25. The van der Waals surface area contributed by atoms with Gasteiger partial charge in [-0.1, -0.05) is 18.2 Å². The molecule has 3 rings (SSSR count). The Hall–Kier alpha value is -1.88. The molecule has 100 valence electrons. The predicted molar refractivity (Wildman–Crippen MR) is 70.0 cm³/mol. The first-order chi connectivity index (χ1) is 9.29. The number of hydrogen-bond donors (Lipinski definition) is 0. The van der Waals surface area contributed by atoms with Gasteiger partial charge in [0.2, 0.25) is 0 Å². The van der Waals surface area contributed by atoms with Gasteiger partial charge in [-0.05, 0) is 13.0 Å². The minimum Gasteiger partial charge on any atom is -0.461 e. The van der Waals surface area contributed by atoms with Gasteiger partial charge in [0, 0.05) is 17.8 Å². The quantitative estimate of drug-likeness (QED) is 0.787. The molecule has 1 aliphatic heterocycles. The van der Waals surface area contributed by atoms with Crippen LogP contribution < -0.4 is 0 Å². The van der Waals surface area contributed by atoms with E-state index in [9.17, 15) is 4.79 Å². The topological polar surface area (TPSA) is 53.3 Å². The van der Waals surface area contributed by atoms with E-state index in [2.05, 4.69) is 5.10 Å². The van der Waals surface area contributed by atoms with Gasteiger partial charge in [0.05, 0.1) is 25.3 Å². The minimum absolute atomic E-state index is 0.358. The lowest BCUT2D eigenvalue weighted by molar-refractivity contribution is -0.0403. The van der Waals surface area contributed by atoms with Crippen LogP contribution in [-0.4, -0.2) is 35.6 Å². The molecule has 0 bridgehead atoms. The SMILES string of the molecule is CCOC(=O)c1nn(CC2COC2)c2ccccc12. The van der Waals surface area contributed by atoms with Gasteiger partial charge in [-0.3, -0.25) is 4.68 Å². The molecule has 0 amide bonds. The summed E-state index contributed by atoms with van der Waals surface area (Å²) in [4.78, 5) is 11.9. The molecule has 0 N–H and O–H groups in total. The maximum Gasteiger partial charge on any atom is 0.359 e. The summed E-state index contributed by atoms with van der Waals surface area (Å²) in [6.07, 6.45) is 0. The Morgan fingerprint density at radius 3 is 2.95 bits per heavy atom. The van der Waals surface area contributed by atoms with E-state index in [4.69, 9.17) is 9.47 Å². The summed E-state index contributed by atoms with van der Waals surface area (Å²) in [5.74, 6) is 0.126. The molecule has 1 aliphatic rings. The zero-order valence-electron chi connectivity index (χ0n) is 10.8. The molecular formula is C14H16N2O3. The van der Waals surface area contributed by atoms with Gasteiger partial charge in [0.15, 0.2) is 5.69 Å². The third-order valence-electron chi connectivity index (χ3n) is 3.26. The Labute approximate surface area is 111 Å². The van der Waals surface area contributed by atoms with Crippen molar-refractivity contribution in [3.05, 3.63) is 30.0 Å². The van der Waals surface area contributed by atoms with Gasteiger partial charge in [-0.25, -0.2) is 4.79 Å². The summed E-state index contributed by atoms with van der Waals surface area (Å²) < 4.78 is 12.1. The van der Waals surface area contributed by atoms with Crippen molar-refractivity contribution in [3.63, 3.8) is 0 Å². The van der Waals surface area contributed by atoms with Crippen LogP contribution in [0.5, 0.6) is 0 Å². The second-order valence-corrected chi connectivity index (χ2v) is 4.67. The van der Waals surface area contributed by atoms with Gasteiger partial charge in [0.25, 0.3) is 0 Å². The molecule has 19 heavy (non-hydrogen) atoms. The number of carbonyl (C=O) groups excluding carboxylic acids is 1. The summed E-state index contributed by atoms with van der Waals surface area (Å²) in [6, 6.07) is 7.74. The lowest BCUT2D eigenvalue weighted by Gasteiger charge is -2.25. The van der Waals surface area contributed by atoms with Crippen molar-refractivity contribution in [2.45, 2.75) is 13.5 Å². The number of benzene rings is 1. The number of nitrogens with zero attached hydrogens (tertiary/aromatic N) is 2. The van der Waals surface area contributed by atoms with Gasteiger partial charge in [-0.2, -0.15) is 5.10 Å². The molecule has 0 unspecified atom stereocenters. The molecule has 1 aromatic heterocycles. The van der Waals surface area contributed by atoms with Crippen molar-refractivity contribution in [1.29, 1.82) is 0 Å². The number of rotatable bonds is 4. The first-order valence-corrected chi connectivity index (χ1v) is 6.50. The number of para-hydroxylation sites is 1. The molecular weight excluding hydrogens is 244 g/mol. The highest BCUT2D eigenvalue weighted by atomic mass is 16.5. The average molecular weight is 260 g/mol. The summed E-state index contributed by atoms with van der Waals surface area (Å²) in [5, 5.41) is 5.26. The first kappa shape index (κ1) is 12.2. The van der Waals surface area contributed by atoms with Crippen LogP contribution in [0.25, 0.3) is 10.9 Å². The highest BCUT2D eigenvalue weighted by Gasteiger charge is 2.23. The van der Waals surface area contributed by atoms with E-state index >= 15 is 0 Å². The van der Waals surface area contributed by atoms with Crippen LogP contribution in [-0.2, 0) is 16.0 Å². The standard InChI is InChI=1S/C14H16N2O3/c1-2-19-14(17)13-11-5-3-4-6-12(11)16(15-13)7-10-8-18-9-10/h3-6,10H,2,7-9H2,1H3.